The molecule has 0 fully saturated rings. The van der Waals surface area contributed by atoms with Crippen LogP contribution in [0.5, 0.6) is 0 Å². The van der Waals surface area contributed by atoms with Crippen LogP contribution in [0.1, 0.15) is 15.9 Å². The van der Waals surface area contributed by atoms with Gasteiger partial charge >= 0.3 is 5.97 Å². The Morgan fingerprint density at radius 2 is 1.56 bits per heavy atom. The average Bonchev–Trinajstić information content (AvgIpc) is 2.82. The number of esters is 1. The smallest absolute Gasteiger partial charge is 0.344 e. The molecule has 0 radical (unpaired) electrons. The van der Waals surface area contributed by atoms with Crippen LogP contribution < -0.4 is 5.56 Å². The topological polar surface area (TPSA) is 61.2 Å². The minimum Gasteiger partial charge on any atom is -0.465 e. The van der Waals surface area contributed by atoms with Gasteiger partial charge in [-0.1, -0.05) is 89.9 Å². The predicted octanol–water partition coefficient (Wildman–Crippen LogP) is 5.72. The first-order chi connectivity index (χ1) is 15.5. The van der Waals surface area contributed by atoms with Crippen LogP contribution in [0.4, 0.5) is 0 Å². The zero-order chi connectivity index (χ0) is 22.7. The lowest BCUT2D eigenvalue weighted by Gasteiger charge is -2.17. The molecule has 4 rings (SSSR count). The fourth-order valence-corrected chi connectivity index (χ4v) is 3.93. The summed E-state index contributed by atoms with van der Waals surface area (Å²) in [5, 5.41) is 5.55. The molecular weight excluding hydrogens is 447 g/mol. The van der Waals surface area contributed by atoms with E-state index in [-0.39, 0.29) is 12.1 Å². The van der Waals surface area contributed by atoms with Crippen LogP contribution >= 0.6 is 23.2 Å². The van der Waals surface area contributed by atoms with Gasteiger partial charge in [-0.3, -0.25) is 4.79 Å². The van der Waals surface area contributed by atoms with Gasteiger partial charge in [0, 0.05) is 21.2 Å². The van der Waals surface area contributed by atoms with Crippen molar-refractivity contribution in [2.75, 3.05) is 7.11 Å². The van der Waals surface area contributed by atoms with Crippen molar-refractivity contribution in [1.82, 2.24) is 9.78 Å². The van der Waals surface area contributed by atoms with E-state index in [1.807, 2.05) is 60.7 Å². The molecular formula is C25H18Cl2N2O3. The Hall–Kier alpha value is -3.41. The molecule has 0 bridgehead atoms. The zero-order valence-corrected chi connectivity index (χ0v) is 18.6. The molecule has 0 aliphatic carbocycles. The van der Waals surface area contributed by atoms with Gasteiger partial charge in [0.1, 0.15) is 5.56 Å². The molecule has 4 aromatic rings. The van der Waals surface area contributed by atoms with E-state index < -0.39 is 11.5 Å². The second kappa shape index (κ2) is 9.39. The van der Waals surface area contributed by atoms with E-state index in [1.165, 1.54) is 11.8 Å². The number of nitrogens with zero attached hydrogens (tertiary/aromatic N) is 2. The third-order valence-electron chi connectivity index (χ3n) is 4.99. The monoisotopic (exact) mass is 464 g/mol. The highest BCUT2D eigenvalue weighted by molar-refractivity contribution is 6.35. The van der Waals surface area contributed by atoms with Crippen LogP contribution in [0.2, 0.25) is 10.0 Å². The van der Waals surface area contributed by atoms with Crippen molar-refractivity contribution in [3.63, 3.8) is 0 Å². The number of aromatic nitrogens is 2. The van der Waals surface area contributed by atoms with E-state index in [0.717, 1.165) is 5.56 Å². The molecule has 3 aromatic carbocycles. The van der Waals surface area contributed by atoms with Crippen molar-refractivity contribution >= 4 is 29.2 Å². The largest absolute Gasteiger partial charge is 0.465 e. The lowest BCUT2D eigenvalue weighted by molar-refractivity contribution is 0.0598. The van der Waals surface area contributed by atoms with Gasteiger partial charge in [-0.15, -0.1) is 0 Å². The standard InChI is InChI=1S/C25H18Cl2N2O3/c1-32-25(31)22-21(16-8-4-2-5-9-16)23(17-10-6-3-7-11-17)28-29(24(22)30)15-18-12-13-19(26)14-20(18)27/h2-14H,15H2,1H3. The highest BCUT2D eigenvalue weighted by Crippen LogP contribution is 2.32. The van der Waals surface area contributed by atoms with Crippen LogP contribution in [0.15, 0.2) is 83.7 Å². The number of methoxy groups -OCH3 is 1. The molecule has 0 saturated carbocycles. The summed E-state index contributed by atoms with van der Waals surface area (Å²) in [7, 11) is 1.25. The van der Waals surface area contributed by atoms with Crippen molar-refractivity contribution in [3.05, 3.63) is 110 Å². The van der Waals surface area contributed by atoms with E-state index in [1.54, 1.807) is 18.2 Å². The van der Waals surface area contributed by atoms with Gasteiger partial charge in [-0.25, -0.2) is 9.48 Å². The minimum absolute atomic E-state index is 0.0632. The molecule has 0 unspecified atom stereocenters. The first-order valence-electron chi connectivity index (χ1n) is 9.77. The van der Waals surface area contributed by atoms with Crippen molar-refractivity contribution in [3.8, 4) is 22.4 Å². The number of carbonyl (C=O) groups is 1. The first-order valence-corrected chi connectivity index (χ1v) is 10.5. The molecule has 7 heteroatoms. The third-order valence-corrected chi connectivity index (χ3v) is 5.58. The fourth-order valence-electron chi connectivity index (χ4n) is 3.46. The zero-order valence-electron chi connectivity index (χ0n) is 17.1. The number of carbonyl (C=O) groups excluding carboxylic acids is 1. The molecule has 5 nitrogen and oxygen atoms in total. The summed E-state index contributed by atoms with van der Waals surface area (Å²) >= 11 is 12.3. The molecule has 0 N–H and O–H groups in total. The maximum Gasteiger partial charge on any atom is 0.344 e. The van der Waals surface area contributed by atoms with Crippen molar-refractivity contribution < 1.29 is 9.53 Å². The summed E-state index contributed by atoms with van der Waals surface area (Å²) in [6.07, 6.45) is 0. The second-order valence-electron chi connectivity index (χ2n) is 7.02. The number of halogens is 2. The summed E-state index contributed by atoms with van der Waals surface area (Å²) in [5.41, 5.74) is 2.35. The molecule has 0 saturated heterocycles. The SMILES string of the molecule is COC(=O)c1c(-c2ccccc2)c(-c2ccccc2)nn(Cc2ccc(Cl)cc2Cl)c1=O. The summed E-state index contributed by atoms with van der Waals surface area (Å²) in [6.45, 7) is 0.0632. The third kappa shape index (κ3) is 4.31. The van der Waals surface area contributed by atoms with E-state index >= 15 is 0 Å². The Morgan fingerprint density at radius 3 is 2.16 bits per heavy atom. The van der Waals surface area contributed by atoms with Gasteiger partial charge in [-0.05, 0) is 23.3 Å². The van der Waals surface area contributed by atoms with Gasteiger partial charge in [0.25, 0.3) is 5.56 Å². The summed E-state index contributed by atoms with van der Waals surface area (Å²) in [5.74, 6) is -0.732. The minimum atomic E-state index is -0.732. The van der Waals surface area contributed by atoms with Gasteiger partial charge in [0.2, 0.25) is 0 Å². The number of benzene rings is 3. The Balaban J connectivity index is 2.03. The molecule has 0 aliphatic heterocycles. The Kier molecular flexibility index (Phi) is 6.40. The molecule has 32 heavy (non-hydrogen) atoms. The Labute approximate surface area is 194 Å². The summed E-state index contributed by atoms with van der Waals surface area (Å²) in [6, 6.07) is 23.6. The van der Waals surface area contributed by atoms with Crippen LogP contribution in [-0.2, 0) is 11.3 Å². The number of hydrogen-bond acceptors (Lipinski definition) is 4. The van der Waals surface area contributed by atoms with Crippen LogP contribution in [0, 0.1) is 0 Å². The normalized spacial score (nSPS) is 10.7. The number of ether oxygens (including phenoxy) is 1. The van der Waals surface area contributed by atoms with E-state index in [9.17, 15) is 9.59 Å². The number of hydrogen-bond donors (Lipinski definition) is 0. The molecule has 1 heterocycles. The van der Waals surface area contributed by atoms with E-state index in [0.29, 0.717) is 32.4 Å². The van der Waals surface area contributed by atoms with E-state index in [4.69, 9.17) is 27.9 Å². The Morgan fingerprint density at radius 1 is 0.938 bits per heavy atom. The van der Waals surface area contributed by atoms with Crippen LogP contribution in [-0.4, -0.2) is 22.9 Å². The molecule has 1 aromatic heterocycles. The quantitative estimate of drug-likeness (QED) is 0.354. The first kappa shape index (κ1) is 21.8. The van der Waals surface area contributed by atoms with Crippen molar-refractivity contribution in [1.29, 1.82) is 0 Å². The Bertz CT molecular complexity index is 1340. The van der Waals surface area contributed by atoms with Gasteiger partial charge in [0.15, 0.2) is 0 Å². The average molecular weight is 465 g/mol. The summed E-state index contributed by atoms with van der Waals surface area (Å²) in [4.78, 5) is 26.3. The van der Waals surface area contributed by atoms with Crippen molar-refractivity contribution in [2.24, 2.45) is 0 Å². The van der Waals surface area contributed by atoms with Crippen molar-refractivity contribution in [2.45, 2.75) is 6.54 Å². The second-order valence-corrected chi connectivity index (χ2v) is 7.86. The van der Waals surface area contributed by atoms with E-state index in [2.05, 4.69) is 5.10 Å². The maximum absolute atomic E-state index is 13.5. The lowest BCUT2D eigenvalue weighted by Crippen LogP contribution is -2.31. The molecule has 160 valence electrons. The maximum atomic E-state index is 13.5. The molecule has 0 aliphatic rings. The highest BCUT2D eigenvalue weighted by atomic mass is 35.5. The molecule has 0 amide bonds. The van der Waals surface area contributed by atoms with Gasteiger partial charge in [0.05, 0.1) is 19.3 Å². The van der Waals surface area contributed by atoms with Gasteiger partial charge in [-0.2, -0.15) is 5.10 Å². The molecule has 0 spiro atoms. The molecule has 0 atom stereocenters. The lowest BCUT2D eigenvalue weighted by atomic mass is 9.95. The predicted molar refractivity (Wildman–Crippen MR) is 126 cm³/mol. The van der Waals surface area contributed by atoms with Gasteiger partial charge < -0.3 is 4.74 Å². The fraction of sp³-hybridized carbons (Fsp3) is 0.0800. The summed E-state index contributed by atoms with van der Waals surface area (Å²) < 4.78 is 6.22. The highest BCUT2D eigenvalue weighted by Gasteiger charge is 2.26. The van der Waals surface area contributed by atoms with Crippen LogP contribution in [0.3, 0.4) is 0 Å². The van der Waals surface area contributed by atoms with Crippen LogP contribution in [0.25, 0.3) is 22.4 Å². The number of rotatable bonds is 5.